The van der Waals surface area contributed by atoms with Crippen LogP contribution in [0.3, 0.4) is 0 Å². The van der Waals surface area contributed by atoms with E-state index in [1.54, 1.807) is 26.2 Å². The average molecular weight is 390 g/mol. The van der Waals surface area contributed by atoms with Gasteiger partial charge in [0.25, 0.3) is 0 Å². The molecule has 3 aromatic heterocycles. The molecule has 0 unspecified atom stereocenters. The number of ether oxygens (including phenoxy) is 1. The first-order valence-electron chi connectivity index (χ1n) is 9.93. The zero-order chi connectivity index (χ0) is 20.4. The van der Waals surface area contributed by atoms with Gasteiger partial charge < -0.3 is 15.2 Å². The van der Waals surface area contributed by atoms with Crippen LogP contribution in [0, 0.1) is 12.8 Å². The van der Waals surface area contributed by atoms with Crippen LogP contribution in [0.4, 0.5) is 11.5 Å². The standard InChI is InChI=1S/C23H26N4O2/c1-15-4-7-20(19(26-15)12-16-5-6-16)29-18-9-11-25-22(14-18)27-17-8-10-24-21(13-17)23(2,3)28/h4,7-11,13-14,16,28H,5-6,12H2,1-3H3,(H,24,25,27). The van der Waals surface area contributed by atoms with E-state index in [-0.39, 0.29) is 0 Å². The molecule has 0 spiro atoms. The van der Waals surface area contributed by atoms with Crippen LogP contribution in [0.2, 0.25) is 0 Å². The van der Waals surface area contributed by atoms with Crippen molar-refractivity contribution in [3.8, 4) is 11.5 Å². The SMILES string of the molecule is Cc1ccc(Oc2ccnc(Nc3ccnc(C(C)(C)O)c3)c2)c(CC2CC2)n1. The molecule has 1 aliphatic carbocycles. The zero-order valence-corrected chi connectivity index (χ0v) is 17.0. The van der Waals surface area contributed by atoms with Crippen molar-refractivity contribution in [3.05, 3.63) is 65.9 Å². The Labute approximate surface area is 171 Å². The van der Waals surface area contributed by atoms with Crippen molar-refractivity contribution < 1.29 is 9.84 Å². The summed E-state index contributed by atoms with van der Waals surface area (Å²) in [7, 11) is 0. The van der Waals surface area contributed by atoms with Gasteiger partial charge in [-0.25, -0.2) is 4.98 Å². The second kappa shape index (κ2) is 7.79. The Morgan fingerprint density at radius 1 is 1.10 bits per heavy atom. The molecule has 0 atom stereocenters. The minimum Gasteiger partial charge on any atom is -0.455 e. The van der Waals surface area contributed by atoms with Gasteiger partial charge in [0.2, 0.25) is 0 Å². The van der Waals surface area contributed by atoms with Crippen molar-refractivity contribution in [1.82, 2.24) is 15.0 Å². The van der Waals surface area contributed by atoms with Crippen molar-refractivity contribution in [3.63, 3.8) is 0 Å². The maximum absolute atomic E-state index is 10.2. The summed E-state index contributed by atoms with van der Waals surface area (Å²) in [6.07, 6.45) is 6.88. The highest BCUT2D eigenvalue weighted by Gasteiger charge is 2.24. The molecule has 3 aromatic rings. The molecule has 6 heteroatoms. The lowest BCUT2D eigenvalue weighted by atomic mass is 10.0. The molecule has 2 N–H and O–H groups in total. The minimum atomic E-state index is -1.01. The summed E-state index contributed by atoms with van der Waals surface area (Å²) >= 11 is 0. The number of anilines is 2. The summed E-state index contributed by atoms with van der Waals surface area (Å²) in [6.45, 7) is 5.42. The molecule has 1 fully saturated rings. The molecule has 0 amide bonds. The Balaban J connectivity index is 1.53. The lowest BCUT2D eigenvalue weighted by Gasteiger charge is -2.17. The van der Waals surface area contributed by atoms with Gasteiger partial charge in [-0.1, -0.05) is 0 Å². The normalized spacial score (nSPS) is 13.9. The Bertz CT molecular complexity index is 1010. The predicted octanol–water partition coefficient (Wildman–Crippen LogP) is 4.90. The topological polar surface area (TPSA) is 80.2 Å². The molecule has 0 saturated heterocycles. The molecule has 150 valence electrons. The van der Waals surface area contributed by atoms with E-state index < -0.39 is 5.60 Å². The van der Waals surface area contributed by atoms with Crippen LogP contribution in [0.25, 0.3) is 0 Å². The molecule has 6 nitrogen and oxygen atoms in total. The fourth-order valence-corrected chi connectivity index (χ4v) is 3.09. The number of pyridine rings is 3. The summed E-state index contributed by atoms with van der Waals surface area (Å²) in [5.41, 5.74) is 2.40. The maximum atomic E-state index is 10.2. The average Bonchev–Trinajstić information content (AvgIpc) is 3.48. The van der Waals surface area contributed by atoms with Crippen LogP contribution < -0.4 is 10.1 Å². The van der Waals surface area contributed by atoms with Gasteiger partial charge in [0.15, 0.2) is 0 Å². The highest BCUT2D eigenvalue weighted by atomic mass is 16.5. The lowest BCUT2D eigenvalue weighted by molar-refractivity contribution is 0.0739. The van der Waals surface area contributed by atoms with Crippen molar-refractivity contribution in [2.75, 3.05) is 5.32 Å². The molecular weight excluding hydrogens is 364 g/mol. The van der Waals surface area contributed by atoms with E-state index in [4.69, 9.17) is 4.74 Å². The molecule has 4 rings (SSSR count). The van der Waals surface area contributed by atoms with Gasteiger partial charge in [0.1, 0.15) is 22.9 Å². The van der Waals surface area contributed by atoms with Gasteiger partial charge in [-0.3, -0.25) is 9.97 Å². The third kappa shape index (κ3) is 5.09. The van der Waals surface area contributed by atoms with Crippen LogP contribution in [-0.2, 0) is 12.0 Å². The Kier molecular flexibility index (Phi) is 5.20. The van der Waals surface area contributed by atoms with Gasteiger partial charge in [0, 0.05) is 29.8 Å². The van der Waals surface area contributed by atoms with Gasteiger partial charge in [-0.05, 0) is 76.3 Å². The van der Waals surface area contributed by atoms with E-state index in [0.717, 1.165) is 35.2 Å². The molecule has 1 saturated carbocycles. The predicted molar refractivity (Wildman–Crippen MR) is 112 cm³/mol. The second-order valence-electron chi connectivity index (χ2n) is 8.14. The van der Waals surface area contributed by atoms with Gasteiger partial charge in [0.05, 0.1) is 11.4 Å². The first-order valence-corrected chi connectivity index (χ1v) is 9.93. The highest BCUT2D eigenvalue weighted by Crippen LogP contribution is 2.36. The third-order valence-electron chi connectivity index (χ3n) is 4.87. The van der Waals surface area contributed by atoms with Crippen LogP contribution in [-0.4, -0.2) is 20.1 Å². The summed E-state index contributed by atoms with van der Waals surface area (Å²) in [5, 5.41) is 13.4. The van der Waals surface area contributed by atoms with Gasteiger partial charge >= 0.3 is 0 Å². The number of aromatic nitrogens is 3. The van der Waals surface area contributed by atoms with E-state index in [1.165, 1.54) is 12.8 Å². The lowest BCUT2D eigenvalue weighted by Crippen LogP contribution is -2.17. The van der Waals surface area contributed by atoms with Crippen molar-refractivity contribution in [2.45, 2.75) is 45.6 Å². The Hall–Kier alpha value is -2.99. The van der Waals surface area contributed by atoms with E-state index in [1.807, 2.05) is 43.3 Å². The van der Waals surface area contributed by atoms with Crippen LogP contribution in [0.1, 0.15) is 43.8 Å². The number of aryl methyl sites for hydroxylation is 1. The largest absolute Gasteiger partial charge is 0.455 e. The van der Waals surface area contributed by atoms with Gasteiger partial charge in [-0.15, -0.1) is 0 Å². The first-order chi connectivity index (χ1) is 13.9. The first kappa shape index (κ1) is 19.3. The fraction of sp³-hybridized carbons (Fsp3) is 0.348. The van der Waals surface area contributed by atoms with E-state index >= 15 is 0 Å². The fourth-order valence-electron chi connectivity index (χ4n) is 3.09. The van der Waals surface area contributed by atoms with E-state index in [2.05, 4.69) is 20.3 Å². The van der Waals surface area contributed by atoms with Gasteiger partial charge in [-0.2, -0.15) is 0 Å². The van der Waals surface area contributed by atoms with Crippen molar-refractivity contribution >= 4 is 11.5 Å². The number of nitrogens with one attached hydrogen (secondary N) is 1. The summed E-state index contributed by atoms with van der Waals surface area (Å²) in [5.74, 6) is 2.88. The molecule has 0 aromatic carbocycles. The molecule has 1 aliphatic rings. The Morgan fingerprint density at radius 3 is 2.66 bits per heavy atom. The highest BCUT2D eigenvalue weighted by molar-refractivity contribution is 5.58. The molecule has 0 radical (unpaired) electrons. The monoisotopic (exact) mass is 390 g/mol. The molecule has 0 bridgehead atoms. The summed E-state index contributed by atoms with van der Waals surface area (Å²) in [6, 6.07) is 11.3. The molecule has 3 heterocycles. The smallest absolute Gasteiger partial charge is 0.148 e. The summed E-state index contributed by atoms with van der Waals surface area (Å²) < 4.78 is 6.15. The second-order valence-corrected chi connectivity index (χ2v) is 8.14. The zero-order valence-electron chi connectivity index (χ0n) is 17.0. The van der Waals surface area contributed by atoms with Crippen molar-refractivity contribution in [1.29, 1.82) is 0 Å². The van der Waals surface area contributed by atoms with E-state index in [9.17, 15) is 5.11 Å². The number of nitrogens with zero attached hydrogens (tertiary/aromatic N) is 3. The third-order valence-corrected chi connectivity index (χ3v) is 4.87. The maximum Gasteiger partial charge on any atom is 0.148 e. The van der Waals surface area contributed by atoms with Crippen LogP contribution >= 0.6 is 0 Å². The van der Waals surface area contributed by atoms with Crippen LogP contribution in [0.15, 0.2) is 48.8 Å². The minimum absolute atomic E-state index is 0.588. The number of hydrogen-bond acceptors (Lipinski definition) is 6. The molecule has 29 heavy (non-hydrogen) atoms. The number of rotatable bonds is 7. The van der Waals surface area contributed by atoms with Crippen LogP contribution in [0.5, 0.6) is 11.5 Å². The van der Waals surface area contributed by atoms with Crippen molar-refractivity contribution in [2.24, 2.45) is 5.92 Å². The number of aliphatic hydroxyl groups is 1. The number of hydrogen-bond donors (Lipinski definition) is 2. The molecular formula is C23H26N4O2. The quantitative estimate of drug-likeness (QED) is 0.597. The molecule has 0 aliphatic heterocycles. The van der Waals surface area contributed by atoms with E-state index in [0.29, 0.717) is 17.3 Å². The Morgan fingerprint density at radius 2 is 1.90 bits per heavy atom. The summed E-state index contributed by atoms with van der Waals surface area (Å²) in [4.78, 5) is 13.3.